The first kappa shape index (κ1) is 45.5. The van der Waals surface area contributed by atoms with Crippen LogP contribution in [0.2, 0.25) is 5.02 Å². The van der Waals surface area contributed by atoms with Crippen molar-refractivity contribution in [3.05, 3.63) is 93.0 Å². The molecule has 6 rings (SSSR count). The van der Waals surface area contributed by atoms with Gasteiger partial charge in [-0.2, -0.15) is 45.3 Å². The summed E-state index contributed by atoms with van der Waals surface area (Å²) in [6.45, 7) is 0.230. The lowest BCUT2D eigenvalue weighted by Gasteiger charge is -2.23. The van der Waals surface area contributed by atoms with E-state index in [0.29, 0.717) is 10.7 Å². The summed E-state index contributed by atoms with van der Waals surface area (Å²) in [5, 5.41) is 9.57. The number of hydrogen-bond acceptors (Lipinski definition) is 6. The molecule has 1 amide bonds. The predicted molar refractivity (Wildman–Crippen MR) is 207 cm³/mol. The Morgan fingerprint density at radius 1 is 0.967 bits per heavy atom. The number of hydrogen-bond donors (Lipinski definition) is 2. The number of carbonyl (C=O) groups excluding carboxylic acids is 1. The van der Waals surface area contributed by atoms with Crippen LogP contribution in [0.5, 0.6) is 0 Å². The lowest BCUT2D eigenvalue weighted by molar-refractivity contribution is -0.142. The molecule has 3 aromatic heterocycles. The van der Waals surface area contributed by atoms with Gasteiger partial charge in [0, 0.05) is 52.5 Å². The largest absolute Gasteiger partial charge is 0.435 e. The Balaban J connectivity index is 1.59. The maximum Gasteiger partial charge on any atom is 0.435 e. The number of nitrogens with one attached hydrogen (secondary N) is 2. The second-order valence-corrected chi connectivity index (χ2v) is 17.9. The first-order valence-electron chi connectivity index (χ1n) is 17.8. The monoisotopic (exact) mass is 923 g/mol. The number of carbonyl (C=O) groups is 1. The Labute approximate surface area is 350 Å². The van der Waals surface area contributed by atoms with E-state index in [-0.39, 0.29) is 54.5 Å². The Hall–Kier alpha value is -5.01. The van der Waals surface area contributed by atoms with Crippen molar-refractivity contribution in [1.82, 2.24) is 29.9 Å². The summed E-state index contributed by atoms with van der Waals surface area (Å²) in [7, 11) is -3.37. The Kier molecular flexibility index (Phi) is 12.5. The second-order valence-electron chi connectivity index (χ2n) is 14.5. The molecular weight excluding hydrogens is 892 g/mol. The maximum absolute atomic E-state index is 15.0. The lowest BCUT2D eigenvalue weighted by Crippen LogP contribution is -2.35. The van der Waals surface area contributed by atoms with Crippen molar-refractivity contribution in [1.29, 1.82) is 0 Å². The molecule has 0 saturated carbocycles. The van der Waals surface area contributed by atoms with E-state index >= 15 is 8.78 Å². The van der Waals surface area contributed by atoms with Gasteiger partial charge in [0.2, 0.25) is 5.91 Å². The van der Waals surface area contributed by atoms with Gasteiger partial charge in [0.1, 0.15) is 51.8 Å². The van der Waals surface area contributed by atoms with Crippen molar-refractivity contribution in [2.24, 2.45) is 0 Å². The van der Waals surface area contributed by atoms with Crippen LogP contribution in [0.15, 0.2) is 42.5 Å². The van der Waals surface area contributed by atoms with Gasteiger partial charge in [-0.05, 0) is 68.5 Å². The molecule has 10 nitrogen and oxygen atoms in total. The van der Waals surface area contributed by atoms with Gasteiger partial charge in [-0.25, -0.2) is 18.0 Å². The van der Waals surface area contributed by atoms with Crippen LogP contribution in [0, 0.1) is 23.5 Å². The molecule has 0 fully saturated rings. The number of pyridine rings is 1. The zero-order chi connectivity index (χ0) is 45.0. The molecule has 0 bridgehead atoms. The molecule has 1 aliphatic rings. The number of aromatic nitrogens is 5. The minimum atomic E-state index is -5.15. The van der Waals surface area contributed by atoms with Crippen LogP contribution in [0.3, 0.4) is 0 Å². The van der Waals surface area contributed by atoms with E-state index in [1.807, 2.05) is 0 Å². The number of nitrogens with zero attached hydrogens (tertiary/aromatic N) is 5. The van der Waals surface area contributed by atoms with E-state index in [1.165, 1.54) is 36.8 Å². The Bertz CT molecular complexity index is 2650. The molecule has 3 heterocycles. The number of halogens is 11. The third-order valence-corrected chi connectivity index (χ3v) is 11.8. The molecule has 0 spiro atoms. The number of benzene rings is 2. The molecule has 3 unspecified atom stereocenters. The normalized spacial score (nSPS) is 15.5. The van der Waals surface area contributed by atoms with Crippen LogP contribution in [0.1, 0.15) is 60.2 Å². The van der Waals surface area contributed by atoms with E-state index in [2.05, 4.69) is 37.1 Å². The molecule has 0 radical (unpaired) electrons. The Morgan fingerprint density at radius 3 is 2.23 bits per heavy atom. The van der Waals surface area contributed by atoms with Crippen molar-refractivity contribution in [2.75, 3.05) is 17.2 Å². The molecule has 3 atom stereocenters. The maximum atomic E-state index is 15.0. The highest BCUT2D eigenvalue weighted by molar-refractivity contribution is 7.86. The summed E-state index contributed by atoms with van der Waals surface area (Å²) in [6.07, 6.45) is -9.65. The van der Waals surface area contributed by atoms with Gasteiger partial charge in [0.15, 0.2) is 11.5 Å². The predicted octanol–water partition coefficient (Wildman–Crippen LogP) is 8.16. The van der Waals surface area contributed by atoms with Crippen LogP contribution in [0.4, 0.5) is 49.7 Å². The van der Waals surface area contributed by atoms with Crippen LogP contribution in [-0.2, 0) is 64.6 Å². The zero-order valence-electron chi connectivity index (χ0n) is 32.1. The van der Waals surface area contributed by atoms with Crippen LogP contribution >= 0.6 is 11.6 Å². The summed E-state index contributed by atoms with van der Waals surface area (Å²) < 4.78 is 170. The van der Waals surface area contributed by atoms with Crippen LogP contribution in [0.25, 0.3) is 22.0 Å². The molecule has 2 N–H and O–H groups in total. The van der Waals surface area contributed by atoms with Crippen molar-refractivity contribution < 1.29 is 57.1 Å². The quantitative estimate of drug-likeness (QED) is 0.102. The highest BCUT2D eigenvalue weighted by Gasteiger charge is 2.50. The van der Waals surface area contributed by atoms with E-state index in [1.54, 1.807) is 13.8 Å². The zero-order valence-corrected chi connectivity index (χ0v) is 34.5. The van der Waals surface area contributed by atoms with Gasteiger partial charge < -0.3 is 5.32 Å². The summed E-state index contributed by atoms with van der Waals surface area (Å²) in [5.74, 6) is -1.86. The van der Waals surface area contributed by atoms with Crippen LogP contribution < -0.4 is 10.0 Å². The fourth-order valence-electron chi connectivity index (χ4n) is 6.76. The highest BCUT2D eigenvalue weighted by Crippen LogP contribution is 2.47. The second kappa shape index (κ2) is 16.7. The van der Waals surface area contributed by atoms with Gasteiger partial charge in [0.25, 0.3) is 5.92 Å². The molecule has 61 heavy (non-hydrogen) atoms. The highest BCUT2D eigenvalue weighted by atomic mass is 35.5. The number of anilines is 1. The molecule has 0 aliphatic heterocycles. The molecule has 2 aromatic carbocycles. The smallest absolute Gasteiger partial charge is 0.346 e. The van der Waals surface area contributed by atoms with E-state index in [0.717, 1.165) is 12.1 Å². The number of alkyl halides is 8. The number of amides is 1. The fourth-order valence-corrected chi connectivity index (χ4v) is 7.61. The van der Waals surface area contributed by atoms with Crippen molar-refractivity contribution in [3.63, 3.8) is 0 Å². The fraction of sp³-hybridized carbons (Fsp3) is 0.368. The lowest BCUT2D eigenvalue weighted by atomic mass is 9.93. The summed E-state index contributed by atoms with van der Waals surface area (Å²) in [6, 6.07) is 5.99. The third-order valence-electron chi connectivity index (χ3n) is 9.51. The summed E-state index contributed by atoms with van der Waals surface area (Å²) >= 11 is 6.51. The van der Waals surface area contributed by atoms with Crippen LogP contribution in [-0.4, -0.2) is 62.3 Å². The molecular formula is C38H32ClF10N7O3S2. The SMILES string of the molecule is CS(=O)Nc1nn(CC(F)(F)F)c2c(-c3ccc(C#CC(C)(C)S(C)=O)nc3C(Cc3cc(F)cc(F)c3)NC(=O)Cn3nc(C(F)(F)F)c4c3C(F)(F)CC4)ccc(Cl)c12. The van der Waals surface area contributed by atoms with Crippen molar-refractivity contribution in [3.8, 4) is 23.0 Å². The van der Waals surface area contributed by atoms with Gasteiger partial charge in [-0.3, -0.25) is 23.1 Å². The Morgan fingerprint density at radius 2 is 1.62 bits per heavy atom. The molecule has 0 saturated heterocycles. The molecule has 23 heteroatoms. The number of rotatable bonds is 11. The number of fused-ring (bicyclic) bond motifs is 2. The minimum Gasteiger partial charge on any atom is -0.346 e. The van der Waals surface area contributed by atoms with E-state index in [9.17, 15) is 48.3 Å². The van der Waals surface area contributed by atoms with E-state index < -0.39 is 118 Å². The molecule has 5 aromatic rings. The van der Waals surface area contributed by atoms with Gasteiger partial charge in [0.05, 0.1) is 27.7 Å². The van der Waals surface area contributed by atoms with Crippen molar-refractivity contribution >= 4 is 56.0 Å². The van der Waals surface area contributed by atoms with Gasteiger partial charge in [-0.1, -0.05) is 23.6 Å². The van der Waals surface area contributed by atoms with Gasteiger partial charge in [-0.15, -0.1) is 0 Å². The van der Waals surface area contributed by atoms with Gasteiger partial charge >= 0.3 is 12.4 Å². The summed E-state index contributed by atoms with van der Waals surface area (Å²) in [4.78, 5) is 18.5. The average molecular weight is 924 g/mol. The first-order chi connectivity index (χ1) is 28.2. The summed E-state index contributed by atoms with van der Waals surface area (Å²) in [5.41, 5.74) is -4.37. The average Bonchev–Trinajstić information content (AvgIpc) is 3.77. The minimum absolute atomic E-state index is 0.0638. The topological polar surface area (TPSA) is 124 Å². The molecule has 326 valence electrons. The van der Waals surface area contributed by atoms with E-state index in [4.69, 9.17) is 11.6 Å². The first-order valence-corrected chi connectivity index (χ1v) is 21.3. The molecule has 1 aliphatic carbocycles. The van der Waals surface area contributed by atoms with Crippen molar-refractivity contribution in [2.45, 2.75) is 75.3 Å². The standard InChI is InChI=1S/C38H32ClF10N7O3S2/c1-35(2,60(3)58)11-9-22-5-6-23(24-7-8-26(39)29-31(24)56(18-37(44,45)46)53-34(29)54-61(4)59)30(50-22)27(15-19-13-20(40)16-21(41)14-19)51-28(57)17-55-33-25(10-12-36(33,42)43)32(52-55)38(47,48)49/h5-8,13-14,16,27H,10,12,15,17-18H2,1-4H3,(H,51,57)(H,53,54). The third kappa shape index (κ3) is 10.0.